The van der Waals surface area contributed by atoms with Gasteiger partial charge < -0.3 is 20.1 Å². The summed E-state index contributed by atoms with van der Waals surface area (Å²) in [5.41, 5.74) is 3.26. The molecule has 0 radical (unpaired) electrons. The van der Waals surface area contributed by atoms with Crippen LogP contribution in [0.15, 0.2) is 29.4 Å². The van der Waals surface area contributed by atoms with Crippen molar-refractivity contribution in [1.82, 2.24) is 20.8 Å². The van der Waals surface area contributed by atoms with E-state index in [1.165, 1.54) is 5.56 Å². The van der Waals surface area contributed by atoms with E-state index < -0.39 is 0 Å². The summed E-state index contributed by atoms with van der Waals surface area (Å²) in [7, 11) is 1.75. The average molecular weight is 343 g/mol. The number of nitrogens with one attached hydrogen (secondary N) is 3. The molecule has 0 fully saturated rings. The molecular formula is C18H25N5O2. The Hall–Kier alpha value is -2.70. The molecular weight excluding hydrogens is 318 g/mol. The van der Waals surface area contributed by atoms with E-state index in [-0.39, 0.29) is 6.10 Å². The van der Waals surface area contributed by atoms with E-state index >= 15 is 0 Å². The predicted octanol–water partition coefficient (Wildman–Crippen LogP) is 2.00. The molecule has 0 saturated heterocycles. The van der Waals surface area contributed by atoms with Gasteiger partial charge in [0, 0.05) is 37.3 Å². The van der Waals surface area contributed by atoms with Gasteiger partial charge in [0.2, 0.25) is 0 Å². The van der Waals surface area contributed by atoms with Crippen LogP contribution >= 0.6 is 0 Å². The van der Waals surface area contributed by atoms with E-state index in [9.17, 15) is 0 Å². The minimum Gasteiger partial charge on any atom is -0.494 e. The first-order chi connectivity index (χ1) is 12.2. The number of rotatable bonds is 6. The molecule has 1 aliphatic rings. The topological polar surface area (TPSA) is 83.6 Å². The Bertz CT molecular complexity index is 727. The standard InChI is InChI=1S/C18H25N5O2/c1-4-24-16-8-13-7-12(2)25-17(13)9-14(16)10-20-18(19-3)21-11-15-5-6-22-23-15/h5-6,8-9,12H,4,7,10-11H2,1-3H3,(H,22,23)(H2,19,20,21). The van der Waals surface area contributed by atoms with E-state index in [0.717, 1.165) is 29.2 Å². The third-order valence-electron chi connectivity index (χ3n) is 4.05. The highest BCUT2D eigenvalue weighted by Gasteiger charge is 2.21. The summed E-state index contributed by atoms with van der Waals surface area (Å²) >= 11 is 0. The lowest BCUT2D eigenvalue weighted by atomic mass is 10.1. The van der Waals surface area contributed by atoms with Gasteiger partial charge in [0.25, 0.3) is 0 Å². The molecule has 0 spiro atoms. The Morgan fingerprint density at radius 1 is 1.40 bits per heavy atom. The van der Waals surface area contributed by atoms with Crippen LogP contribution in [0.1, 0.15) is 30.7 Å². The second-order valence-corrected chi connectivity index (χ2v) is 5.99. The van der Waals surface area contributed by atoms with Gasteiger partial charge in [-0.15, -0.1) is 0 Å². The Morgan fingerprint density at radius 2 is 2.24 bits per heavy atom. The number of guanidine groups is 1. The Balaban J connectivity index is 1.65. The molecule has 0 amide bonds. The van der Waals surface area contributed by atoms with E-state index in [2.05, 4.69) is 44.9 Å². The van der Waals surface area contributed by atoms with Crippen molar-refractivity contribution in [1.29, 1.82) is 0 Å². The maximum atomic E-state index is 5.87. The highest BCUT2D eigenvalue weighted by Crippen LogP contribution is 2.35. The van der Waals surface area contributed by atoms with E-state index in [4.69, 9.17) is 9.47 Å². The summed E-state index contributed by atoms with van der Waals surface area (Å²) in [4.78, 5) is 4.25. The zero-order chi connectivity index (χ0) is 17.6. The van der Waals surface area contributed by atoms with Crippen LogP contribution in [-0.4, -0.2) is 35.9 Å². The fourth-order valence-corrected chi connectivity index (χ4v) is 2.87. The predicted molar refractivity (Wildman–Crippen MR) is 97.0 cm³/mol. The highest BCUT2D eigenvalue weighted by atomic mass is 16.5. The highest BCUT2D eigenvalue weighted by molar-refractivity contribution is 5.79. The van der Waals surface area contributed by atoms with Crippen molar-refractivity contribution < 1.29 is 9.47 Å². The largest absolute Gasteiger partial charge is 0.494 e. The van der Waals surface area contributed by atoms with E-state index in [0.29, 0.717) is 25.7 Å². The first-order valence-corrected chi connectivity index (χ1v) is 8.57. The first-order valence-electron chi connectivity index (χ1n) is 8.57. The van der Waals surface area contributed by atoms with Crippen molar-refractivity contribution in [2.75, 3.05) is 13.7 Å². The van der Waals surface area contributed by atoms with Gasteiger partial charge in [-0.1, -0.05) is 0 Å². The lowest BCUT2D eigenvalue weighted by molar-refractivity contribution is 0.254. The van der Waals surface area contributed by atoms with Crippen molar-refractivity contribution in [2.24, 2.45) is 4.99 Å². The molecule has 134 valence electrons. The maximum absolute atomic E-state index is 5.87. The van der Waals surface area contributed by atoms with Gasteiger partial charge >= 0.3 is 0 Å². The third kappa shape index (κ3) is 4.23. The van der Waals surface area contributed by atoms with E-state index in [1.807, 2.05) is 13.0 Å². The van der Waals surface area contributed by atoms with Crippen molar-refractivity contribution in [3.05, 3.63) is 41.2 Å². The van der Waals surface area contributed by atoms with Gasteiger partial charge in [0.15, 0.2) is 5.96 Å². The smallest absolute Gasteiger partial charge is 0.191 e. The van der Waals surface area contributed by atoms with Crippen molar-refractivity contribution in [2.45, 2.75) is 39.5 Å². The van der Waals surface area contributed by atoms with Crippen LogP contribution in [-0.2, 0) is 19.5 Å². The molecule has 0 saturated carbocycles. The number of hydrogen-bond donors (Lipinski definition) is 3. The SMILES string of the molecule is CCOc1cc2c(cc1CNC(=NC)NCc1ccn[nH]1)OC(C)C2. The number of benzene rings is 1. The molecule has 3 rings (SSSR count). The fourth-order valence-electron chi connectivity index (χ4n) is 2.87. The van der Waals surface area contributed by atoms with Gasteiger partial charge in [-0.2, -0.15) is 5.10 Å². The summed E-state index contributed by atoms with van der Waals surface area (Å²) in [5, 5.41) is 13.4. The van der Waals surface area contributed by atoms with Crippen LogP contribution in [0.3, 0.4) is 0 Å². The van der Waals surface area contributed by atoms with Crippen LogP contribution in [0.25, 0.3) is 0 Å². The van der Waals surface area contributed by atoms with Gasteiger partial charge in [-0.25, -0.2) is 0 Å². The number of aliphatic imine (C=N–C) groups is 1. The maximum Gasteiger partial charge on any atom is 0.191 e. The summed E-state index contributed by atoms with van der Waals surface area (Å²) in [5.74, 6) is 2.57. The molecule has 1 aromatic heterocycles. The molecule has 1 aromatic carbocycles. The molecule has 1 atom stereocenters. The second kappa shape index (κ2) is 7.92. The van der Waals surface area contributed by atoms with Crippen LogP contribution in [0.5, 0.6) is 11.5 Å². The minimum absolute atomic E-state index is 0.219. The van der Waals surface area contributed by atoms with Crippen molar-refractivity contribution in [3.63, 3.8) is 0 Å². The Kier molecular flexibility index (Phi) is 5.42. The molecule has 3 N–H and O–H groups in total. The number of fused-ring (bicyclic) bond motifs is 1. The van der Waals surface area contributed by atoms with Gasteiger partial charge in [0.1, 0.15) is 17.6 Å². The summed E-state index contributed by atoms with van der Waals surface area (Å²) < 4.78 is 11.7. The minimum atomic E-state index is 0.219. The van der Waals surface area contributed by atoms with Gasteiger partial charge in [0.05, 0.1) is 18.8 Å². The normalized spacial score (nSPS) is 16.3. The summed E-state index contributed by atoms with van der Waals surface area (Å²) in [6, 6.07) is 6.09. The van der Waals surface area contributed by atoms with Crippen molar-refractivity contribution in [3.8, 4) is 11.5 Å². The Morgan fingerprint density at radius 3 is 2.96 bits per heavy atom. The second-order valence-electron chi connectivity index (χ2n) is 5.99. The molecule has 7 heteroatoms. The zero-order valence-electron chi connectivity index (χ0n) is 14.9. The fraction of sp³-hybridized carbons (Fsp3) is 0.444. The monoisotopic (exact) mass is 343 g/mol. The third-order valence-corrected chi connectivity index (χ3v) is 4.05. The number of ether oxygens (including phenoxy) is 2. The number of nitrogens with zero attached hydrogens (tertiary/aromatic N) is 2. The molecule has 7 nitrogen and oxygen atoms in total. The summed E-state index contributed by atoms with van der Waals surface area (Å²) in [6.07, 6.45) is 2.88. The molecule has 25 heavy (non-hydrogen) atoms. The molecule has 1 unspecified atom stereocenters. The summed E-state index contributed by atoms with van der Waals surface area (Å²) in [6.45, 7) is 5.94. The van der Waals surface area contributed by atoms with Gasteiger partial charge in [-0.3, -0.25) is 10.1 Å². The van der Waals surface area contributed by atoms with Crippen LogP contribution in [0, 0.1) is 0 Å². The van der Waals surface area contributed by atoms with Crippen LogP contribution < -0.4 is 20.1 Å². The average Bonchev–Trinajstić information content (AvgIpc) is 3.23. The van der Waals surface area contributed by atoms with Crippen molar-refractivity contribution >= 4 is 5.96 Å². The molecule has 0 aliphatic carbocycles. The van der Waals surface area contributed by atoms with Crippen LogP contribution in [0.4, 0.5) is 0 Å². The lowest BCUT2D eigenvalue weighted by Crippen LogP contribution is -2.36. The Labute approximate surface area is 147 Å². The van der Waals surface area contributed by atoms with Gasteiger partial charge in [-0.05, 0) is 32.0 Å². The number of aromatic nitrogens is 2. The van der Waals surface area contributed by atoms with E-state index in [1.54, 1.807) is 13.2 Å². The first kappa shape index (κ1) is 17.1. The number of aromatic amines is 1. The quantitative estimate of drug-likeness (QED) is 0.552. The lowest BCUT2D eigenvalue weighted by Gasteiger charge is -2.15. The molecule has 2 heterocycles. The molecule has 1 aliphatic heterocycles. The molecule has 0 bridgehead atoms. The number of H-pyrrole nitrogens is 1. The zero-order valence-corrected chi connectivity index (χ0v) is 14.9. The molecule has 2 aromatic rings. The number of hydrogen-bond acceptors (Lipinski definition) is 4. The van der Waals surface area contributed by atoms with Crippen LogP contribution in [0.2, 0.25) is 0 Å².